The molecule has 2 saturated heterocycles. The SMILES string of the molecule is O=C(Cc1ccccn1)NC1CC2CCC(C1)N2. The van der Waals surface area contributed by atoms with Crippen LogP contribution in [-0.2, 0) is 11.2 Å². The van der Waals surface area contributed by atoms with Crippen molar-refractivity contribution in [1.29, 1.82) is 0 Å². The summed E-state index contributed by atoms with van der Waals surface area (Å²) < 4.78 is 0. The number of rotatable bonds is 3. The van der Waals surface area contributed by atoms with Gasteiger partial charge < -0.3 is 10.6 Å². The molecule has 0 spiro atoms. The third-order valence-corrected chi connectivity index (χ3v) is 3.91. The predicted octanol–water partition coefficient (Wildman–Crippen LogP) is 1.02. The van der Waals surface area contributed by atoms with E-state index in [9.17, 15) is 4.79 Å². The number of pyridine rings is 1. The summed E-state index contributed by atoms with van der Waals surface area (Å²) in [6.45, 7) is 0. The van der Waals surface area contributed by atoms with E-state index in [-0.39, 0.29) is 5.91 Å². The average Bonchev–Trinajstić information content (AvgIpc) is 2.70. The maximum atomic E-state index is 11.9. The normalized spacial score (nSPS) is 30.1. The first-order valence-electron chi connectivity index (χ1n) is 6.75. The molecule has 0 radical (unpaired) electrons. The third-order valence-electron chi connectivity index (χ3n) is 3.91. The molecule has 0 aliphatic carbocycles. The van der Waals surface area contributed by atoms with E-state index in [0.717, 1.165) is 18.5 Å². The maximum absolute atomic E-state index is 11.9. The summed E-state index contributed by atoms with van der Waals surface area (Å²) in [5.41, 5.74) is 0.840. The van der Waals surface area contributed by atoms with Crippen molar-refractivity contribution in [2.75, 3.05) is 0 Å². The number of fused-ring (bicyclic) bond motifs is 2. The Morgan fingerprint density at radius 1 is 1.33 bits per heavy atom. The molecule has 96 valence electrons. The number of hydrogen-bond donors (Lipinski definition) is 2. The molecule has 4 heteroatoms. The molecule has 1 amide bonds. The highest BCUT2D eigenvalue weighted by molar-refractivity contribution is 5.78. The highest BCUT2D eigenvalue weighted by atomic mass is 16.1. The molecule has 1 aromatic heterocycles. The van der Waals surface area contributed by atoms with Crippen molar-refractivity contribution in [3.05, 3.63) is 30.1 Å². The Labute approximate surface area is 107 Å². The second kappa shape index (κ2) is 5.06. The minimum Gasteiger partial charge on any atom is -0.353 e. The van der Waals surface area contributed by atoms with Crippen LogP contribution in [-0.4, -0.2) is 29.0 Å². The average molecular weight is 245 g/mol. The highest BCUT2D eigenvalue weighted by Crippen LogP contribution is 2.26. The number of aromatic nitrogens is 1. The van der Waals surface area contributed by atoms with Gasteiger partial charge in [-0.3, -0.25) is 9.78 Å². The van der Waals surface area contributed by atoms with Gasteiger partial charge in [0.2, 0.25) is 5.91 Å². The summed E-state index contributed by atoms with van der Waals surface area (Å²) in [5.74, 6) is 0.0972. The van der Waals surface area contributed by atoms with Gasteiger partial charge in [0.15, 0.2) is 0 Å². The van der Waals surface area contributed by atoms with Gasteiger partial charge >= 0.3 is 0 Å². The van der Waals surface area contributed by atoms with Gasteiger partial charge in [-0.15, -0.1) is 0 Å². The van der Waals surface area contributed by atoms with Crippen LogP contribution in [0.2, 0.25) is 0 Å². The number of amides is 1. The first-order valence-corrected chi connectivity index (χ1v) is 6.75. The molecule has 3 heterocycles. The van der Waals surface area contributed by atoms with Crippen molar-refractivity contribution in [3.8, 4) is 0 Å². The quantitative estimate of drug-likeness (QED) is 0.836. The molecule has 2 aliphatic rings. The van der Waals surface area contributed by atoms with Gasteiger partial charge in [-0.25, -0.2) is 0 Å². The fourth-order valence-electron chi connectivity index (χ4n) is 3.12. The van der Waals surface area contributed by atoms with E-state index in [0.29, 0.717) is 24.5 Å². The standard InChI is InChI=1S/C14H19N3O/c18-14(9-10-3-1-2-6-15-10)17-13-7-11-4-5-12(8-13)16-11/h1-3,6,11-13,16H,4-5,7-9H2,(H,17,18). The molecule has 2 unspecified atom stereocenters. The van der Waals surface area contributed by atoms with Crippen LogP contribution in [0, 0.1) is 0 Å². The van der Waals surface area contributed by atoms with Crippen molar-refractivity contribution in [2.45, 2.75) is 50.2 Å². The molecule has 4 nitrogen and oxygen atoms in total. The summed E-state index contributed by atoms with van der Waals surface area (Å²) in [5, 5.41) is 6.73. The van der Waals surface area contributed by atoms with Gasteiger partial charge in [0.05, 0.1) is 6.42 Å². The summed E-state index contributed by atoms with van der Waals surface area (Å²) >= 11 is 0. The van der Waals surface area contributed by atoms with Gasteiger partial charge in [-0.05, 0) is 37.8 Å². The number of carbonyl (C=O) groups excluding carboxylic acids is 1. The lowest BCUT2D eigenvalue weighted by Gasteiger charge is -2.29. The Kier molecular flexibility index (Phi) is 3.28. The Morgan fingerprint density at radius 3 is 2.78 bits per heavy atom. The Hall–Kier alpha value is -1.42. The number of carbonyl (C=O) groups is 1. The molecular weight excluding hydrogens is 226 g/mol. The minimum absolute atomic E-state index is 0.0972. The van der Waals surface area contributed by atoms with Crippen LogP contribution in [0.25, 0.3) is 0 Å². The summed E-state index contributed by atoms with van der Waals surface area (Å²) in [4.78, 5) is 16.1. The molecule has 2 N–H and O–H groups in total. The zero-order chi connectivity index (χ0) is 12.4. The molecule has 2 aliphatic heterocycles. The first kappa shape index (κ1) is 11.7. The van der Waals surface area contributed by atoms with Crippen LogP contribution in [0.4, 0.5) is 0 Å². The van der Waals surface area contributed by atoms with E-state index < -0.39 is 0 Å². The van der Waals surface area contributed by atoms with Crippen LogP contribution < -0.4 is 10.6 Å². The molecule has 2 fully saturated rings. The van der Waals surface area contributed by atoms with E-state index in [1.54, 1.807) is 6.20 Å². The van der Waals surface area contributed by atoms with Crippen molar-refractivity contribution >= 4 is 5.91 Å². The number of nitrogens with zero attached hydrogens (tertiary/aromatic N) is 1. The lowest BCUT2D eigenvalue weighted by molar-refractivity contribution is -0.121. The Bertz CT molecular complexity index is 408. The second-order valence-electron chi connectivity index (χ2n) is 5.37. The largest absolute Gasteiger partial charge is 0.353 e. The molecule has 2 bridgehead atoms. The van der Waals surface area contributed by atoms with Crippen molar-refractivity contribution in [3.63, 3.8) is 0 Å². The summed E-state index contributed by atoms with van der Waals surface area (Å²) in [6, 6.07) is 7.26. The minimum atomic E-state index is 0.0972. The fraction of sp³-hybridized carbons (Fsp3) is 0.571. The number of nitrogens with one attached hydrogen (secondary N) is 2. The van der Waals surface area contributed by atoms with Gasteiger partial charge in [0.25, 0.3) is 0 Å². The molecular formula is C14H19N3O. The van der Waals surface area contributed by atoms with Crippen LogP contribution in [0.5, 0.6) is 0 Å². The van der Waals surface area contributed by atoms with Gasteiger partial charge in [0.1, 0.15) is 0 Å². The lowest BCUT2D eigenvalue weighted by atomic mass is 9.99. The summed E-state index contributed by atoms with van der Waals surface area (Å²) in [7, 11) is 0. The molecule has 18 heavy (non-hydrogen) atoms. The second-order valence-corrected chi connectivity index (χ2v) is 5.37. The first-order chi connectivity index (χ1) is 8.79. The van der Waals surface area contributed by atoms with Crippen LogP contribution in [0.3, 0.4) is 0 Å². The van der Waals surface area contributed by atoms with E-state index in [1.807, 2.05) is 18.2 Å². The lowest BCUT2D eigenvalue weighted by Crippen LogP contribution is -2.48. The molecule has 3 rings (SSSR count). The van der Waals surface area contributed by atoms with Crippen molar-refractivity contribution in [1.82, 2.24) is 15.6 Å². The zero-order valence-corrected chi connectivity index (χ0v) is 10.4. The van der Waals surface area contributed by atoms with Crippen LogP contribution in [0.1, 0.15) is 31.4 Å². The van der Waals surface area contributed by atoms with E-state index in [4.69, 9.17) is 0 Å². The topological polar surface area (TPSA) is 54.0 Å². The van der Waals surface area contributed by atoms with Crippen LogP contribution in [0.15, 0.2) is 24.4 Å². The monoisotopic (exact) mass is 245 g/mol. The highest BCUT2D eigenvalue weighted by Gasteiger charge is 2.33. The van der Waals surface area contributed by atoms with Crippen LogP contribution >= 0.6 is 0 Å². The van der Waals surface area contributed by atoms with Gasteiger partial charge in [0, 0.05) is 30.0 Å². The molecule has 0 saturated carbocycles. The third kappa shape index (κ3) is 2.70. The Morgan fingerprint density at radius 2 is 2.11 bits per heavy atom. The fourth-order valence-corrected chi connectivity index (χ4v) is 3.12. The number of piperidine rings is 1. The van der Waals surface area contributed by atoms with Gasteiger partial charge in [-0.2, -0.15) is 0 Å². The van der Waals surface area contributed by atoms with E-state index in [2.05, 4.69) is 15.6 Å². The summed E-state index contributed by atoms with van der Waals surface area (Å²) in [6.07, 6.45) is 6.79. The molecule has 0 aromatic carbocycles. The van der Waals surface area contributed by atoms with Gasteiger partial charge in [-0.1, -0.05) is 6.07 Å². The predicted molar refractivity (Wildman–Crippen MR) is 69.1 cm³/mol. The zero-order valence-electron chi connectivity index (χ0n) is 10.4. The van der Waals surface area contributed by atoms with E-state index >= 15 is 0 Å². The smallest absolute Gasteiger partial charge is 0.226 e. The van der Waals surface area contributed by atoms with Crippen molar-refractivity contribution in [2.24, 2.45) is 0 Å². The van der Waals surface area contributed by atoms with E-state index in [1.165, 1.54) is 12.8 Å². The Balaban J connectivity index is 1.52. The van der Waals surface area contributed by atoms with Crippen molar-refractivity contribution < 1.29 is 4.79 Å². The number of hydrogen-bond acceptors (Lipinski definition) is 3. The molecule has 2 atom stereocenters. The maximum Gasteiger partial charge on any atom is 0.226 e. The molecule has 1 aromatic rings.